The summed E-state index contributed by atoms with van der Waals surface area (Å²) in [4.78, 5) is 24.9. The Morgan fingerprint density at radius 3 is 2.73 bits per heavy atom. The summed E-state index contributed by atoms with van der Waals surface area (Å²) in [5.74, 6) is 0.265. The molecule has 1 atom stereocenters. The number of anilines is 1. The molecule has 2 aromatic rings. The number of carboxylic acid groups (broad SMARTS) is 1. The Balaban J connectivity index is 1.59. The van der Waals surface area contributed by atoms with E-state index >= 15 is 0 Å². The lowest BCUT2D eigenvalue weighted by Crippen LogP contribution is -2.36. The molecule has 1 fully saturated rings. The zero-order valence-corrected chi connectivity index (χ0v) is 16.2. The first-order valence-corrected chi connectivity index (χ1v) is 10.3. The number of hydrogen-bond acceptors (Lipinski definition) is 6. The molecular formula is C19H26N4O2S. The van der Waals surface area contributed by atoms with Crippen LogP contribution in [0.5, 0.6) is 0 Å². The SMILES string of the molecule is CN(C)[C@H]1CC[C@H](Nc2ncnc3sc4c(c23)C(CC(=O)O)CC4)CC1. The minimum atomic E-state index is -0.726. The third-order valence-corrected chi connectivity index (χ3v) is 7.09. The van der Waals surface area contributed by atoms with Gasteiger partial charge in [-0.15, -0.1) is 11.3 Å². The number of carboxylic acids is 1. The van der Waals surface area contributed by atoms with Crippen molar-refractivity contribution >= 4 is 33.3 Å². The normalized spacial score (nSPS) is 25.6. The molecule has 2 aromatic heterocycles. The maximum absolute atomic E-state index is 11.3. The molecule has 0 saturated heterocycles. The molecule has 1 unspecified atom stereocenters. The van der Waals surface area contributed by atoms with E-state index in [0.29, 0.717) is 12.1 Å². The Morgan fingerprint density at radius 1 is 1.27 bits per heavy atom. The number of hydrogen-bond donors (Lipinski definition) is 2. The summed E-state index contributed by atoms with van der Waals surface area (Å²) in [5.41, 5.74) is 1.19. The molecule has 0 aromatic carbocycles. The second-order valence-electron chi connectivity index (χ2n) is 7.79. The van der Waals surface area contributed by atoms with Crippen LogP contribution >= 0.6 is 11.3 Å². The summed E-state index contributed by atoms with van der Waals surface area (Å²) < 4.78 is 0. The highest BCUT2D eigenvalue weighted by Gasteiger charge is 2.31. The van der Waals surface area contributed by atoms with Gasteiger partial charge in [-0.1, -0.05) is 0 Å². The highest BCUT2D eigenvalue weighted by Crippen LogP contribution is 2.46. The van der Waals surface area contributed by atoms with Crippen molar-refractivity contribution in [2.24, 2.45) is 0 Å². The van der Waals surface area contributed by atoms with Crippen LogP contribution in [0.15, 0.2) is 6.33 Å². The van der Waals surface area contributed by atoms with E-state index in [1.807, 2.05) is 0 Å². The molecule has 2 N–H and O–H groups in total. The number of carbonyl (C=O) groups is 1. The molecule has 0 spiro atoms. The lowest BCUT2D eigenvalue weighted by Gasteiger charge is -2.33. The van der Waals surface area contributed by atoms with Crippen molar-refractivity contribution in [3.63, 3.8) is 0 Å². The predicted molar refractivity (Wildman–Crippen MR) is 104 cm³/mol. The fraction of sp³-hybridized carbons (Fsp3) is 0.632. The lowest BCUT2D eigenvalue weighted by atomic mass is 9.90. The smallest absolute Gasteiger partial charge is 0.303 e. The maximum atomic E-state index is 11.3. The van der Waals surface area contributed by atoms with Crippen LogP contribution in [0, 0.1) is 0 Å². The first-order chi connectivity index (χ1) is 12.5. The summed E-state index contributed by atoms with van der Waals surface area (Å²) in [6.45, 7) is 0. The van der Waals surface area contributed by atoms with Gasteiger partial charge in [-0.3, -0.25) is 4.79 Å². The summed E-state index contributed by atoms with van der Waals surface area (Å²) in [7, 11) is 4.31. The van der Waals surface area contributed by atoms with Crippen molar-refractivity contribution < 1.29 is 9.90 Å². The lowest BCUT2D eigenvalue weighted by molar-refractivity contribution is -0.137. The van der Waals surface area contributed by atoms with Gasteiger partial charge in [0, 0.05) is 17.0 Å². The quantitative estimate of drug-likeness (QED) is 0.834. The van der Waals surface area contributed by atoms with E-state index in [2.05, 4.69) is 34.3 Å². The zero-order chi connectivity index (χ0) is 18.3. The molecule has 0 aliphatic heterocycles. The number of nitrogens with one attached hydrogen (secondary N) is 1. The van der Waals surface area contributed by atoms with Gasteiger partial charge in [-0.2, -0.15) is 0 Å². The summed E-state index contributed by atoms with van der Waals surface area (Å²) in [6, 6.07) is 1.10. The molecule has 0 radical (unpaired) electrons. The van der Waals surface area contributed by atoms with Crippen LogP contribution in [-0.4, -0.2) is 52.1 Å². The first-order valence-electron chi connectivity index (χ1n) is 9.44. The van der Waals surface area contributed by atoms with Crippen LogP contribution in [0.25, 0.3) is 10.2 Å². The van der Waals surface area contributed by atoms with Gasteiger partial charge in [-0.05, 0) is 64.1 Å². The van der Waals surface area contributed by atoms with E-state index in [-0.39, 0.29) is 12.3 Å². The minimum Gasteiger partial charge on any atom is -0.481 e. The monoisotopic (exact) mass is 374 g/mol. The summed E-state index contributed by atoms with van der Waals surface area (Å²) in [5, 5.41) is 14.0. The van der Waals surface area contributed by atoms with Crippen molar-refractivity contribution in [3.8, 4) is 0 Å². The van der Waals surface area contributed by atoms with Crippen LogP contribution in [0.2, 0.25) is 0 Å². The largest absolute Gasteiger partial charge is 0.481 e. The second-order valence-corrected chi connectivity index (χ2v) is 8.87. The van der Waals surface area contributed by atoms with Gasteiger partial charge in [-0.25, -0.2) is 9.97 Å². The van der Waals surface area contributed by atoms with Crippen LogP contribution in [0.1, 0.15) is 54.9 Å². The van der Waals surface area contributed by atoms with E-state index in [1.54, 1.807) is 17.7 Å². The second kappa shape index (κ2) is 7.12. The van der Waals surface area contributed by atoms with Gasteiger partial charge in [0.05, 0.1) is 11.8 Å². The number of fused-ring (bicyclic) bond motifs is 3. The highest BCUT2D eigenvalue weighted by atomic mass is 32.1. The Kier molecular flexibility index (Phi) is 4.84. The number of aliphatic carboxylic acids is 1. The predicted octanol–water partition coefficient (Wildman–Crippen LogP) is 3.48. The molecule has 2 heterocycles. The zero-order valence-electron chi connectivity index (χ0n) is 15.4. The van der Waals surface area contributed by atoms with Crippen molar-refractivity contribution in [2.45, 2.75) is 62.9 Å². The Bertz CT molecular complexity index is 811. The standard InChI is InChI=1S/C19H26N4O2S/c1-23(2)13-6-4-12(5-7-13)22-18-17-16-11(9-15(24)25)3-8-14(16)26-19(17)21-10-20-18/h10-13H,3-9H2,1-2H3,(H,24,25)(H,20,21,22)/t11?,12-,13-. The third-order valence-electron chi connectivity index (χ3n) is 5.92. The Labute approximate surface area is 157 Å². The van der Waals surface area contributed by atoms with E-state index in [0.717, 1.165) is 41.7 Å². The van der Waals surface area contributed by atoms with Crippen molar-refractivity contribution in [1.82, 2.24) is 14.9 Å². The van der Waals surface area contributed by atoms with Gasteiger partial charge in [0.1, 0.15) is 17.0 Å². The third kappa shape index (κ3) is 3.30. The van der Waals surface area contributed by atoms with Gasteiger partial charge in [0.25, 0.3) is 0 Å². The average molecular weight is 375 g/mol. The van der Waals surface area contributed by atoms with Gasteiger partial charge in [0.2, 0.25) is 0 Å². The van der Waals surface area contributed by atoms with E-state index in [1.165, 1.54) is 23.3 Å². The topological polar surface area (TPSA) is 78.3 Å². The molecule has 140 valence electrons. The molecular weight excluding hydrogens is 348 g/mol. The molecule has 7 heteroatoms. The van der Waals surface area contributed by atoms with Crippen molar-refractivity contribution in [3.05, 3.63) is 16.8 Å². The van der Waals surface area contributed by atoms with Crippen LogP contribution < -0.4 is 5.32 Å². The average Bonchev–Trinajstić information content (AvgIpc) is 3.15. The highest BCUT2D eigenvalue weighted by molar-refractivity contribution is 7.19. The molecule has 0 bridgehead atoms. The molecule has 0 amide bonds. The Morgan fingerprint density at radius 2 is 2.04 bits per heavy atom. The fourth-order valence-corrected chi connectivity index (χ4v) is 5.76. The fourth-order valence-electron chi connectivity index (χ4n) is 4.52. The van der Waals surface area contributed by atoms with Gasteiger partial charge >= 0.3 is 5.97 Å². The van der Waals surface area contributed by atoms with E-state index < -0.39 is 5.97 Å². The molecule has 6 nitrogen and oxygen atoms in total. The van der Waals surface area contributed by atoms with E-state index in [4.69, 9.17) is 0 Å². The minimum absolute atomic E-state index is 0.0901. The summed E-state index contributed by atoms with van der Waals surface area (Å²) in [6.07, 6.45) is 8.38. The first kappa shape index (κ1) is 17.7. The maximum Gasteiger partial charge on any atom is 0.303 e. The van der Waals surface area contributed by atoms with Gasteiger partial charge in [0.15, 0.2) is 0 Å². The van der Waals surface area contributed by atoms with Crippen LogP contribution in [0.4, 0.5) is 5.82 Å². The van der Waals surface area contributed by atoms with Crippen LogP contribution in [0.3, 0.4) is 0 Å². The number of aromatic nitrogens is 2. The molecule has 1 saturated carbocycles. The van der Waals surface area contributed by atoms with Crippen LogP contribution in [-0.2, 0) is 11.2 Å². The number of aryl methyl sites for hydroxylation is 1. The molecule has 26 heavy (non-hydrogen) atoms. The summed E-state index contributed by atoms with van der Waals surface area (Å²) >= 11 is 1.71. The Hall–Kier alpha value is -1.73. The van der Waals surface area contributed by atoms with Crippen molar-refractivity contribution in [1.29, 1.82) is 0 Å². The number of thiophene rings is 1. The molecule has 2 aliphatic rings. The number of rotatable bonds is 5. The van der Waals surface area contributed by atoms with Crippen molar-refractivity contribution in [2.75, 3.05) is 19.4 Å². The van der Waals surface area contributed by atoms with Gasteiger partial charge < -0.3 is 15.3 Å². The number of nitrogens with zero attached hydrogens (tertiary/aromatic N) is 3. The molecule has 2 aliphatic carbocycles. The van der Waals surface area contributed by atoms with E-state index in [9.17, 15) is 9.90 Å². The molecule has 4 rings (SSSR count).